The molecule has 2 amide bonds. The van der Waals surface area contributed by atoms with Crippen molar-refractivity contribution in [1.29, 1.82) is 0 Å². The number of hydrogen-bond acceptors (Lipinski definition) is 6. The Labute approximate surface area is 156 Å². The molecule has 0 aliphatic carbocycles. The molecule has 1 heterocycles. The van der Waals surface area contributed by atoms with Gasteiger partial charge in [-0.2, -0.15) is 0 Å². The largest absolute Gasteiger partial charge is 0.494 e. The fourth-order valence-corrected chi connectivity index (χ4v) is 2.88. The Hall–Kier alpha value is -2.48. The van der Waals surface area contributed by atoms with E-state index in [9.17, 15) is 9.59 Å². The third kappa shape index (κ3) is 6.44. The SMILES string of the molecule is CCOc1cccc([C@@H](C)NC(=O)CSCC(=O)Nc2cc(C)on2)c1. The molecule has 2 N–H and O–H groups in total. The smallest absolute Gasteiger partial charge is 0.235 e. The number of amides is 2. The Morgan fingerprint density at radius 3 is 2.73 bits per heavy atom. The zero-order valence-electron chi connectivity index (χ0n) is 15.1. The first-order valence-electron chi connectivity index (χ1n) is 8.31. The quantitative estimate of drug-likeness (QED) is 0.698. The highest BCUT2D eigenvalue weighted by molar-refractivity contribution is 8.00. The molecule has 7 nitrogen and oxygen atoms in total. The lowest BCUT2D eigenvalue weighted by atomic mass is 10.1. The van der Waals surface area contributed by atoms with Crippen molar-refractivity contribution in [2.75, 3.05) is 23.4 Å². The van der Waals surface area contributed by atoms with Gasteiger partial charge in [-0.1, -0.05) is 17.3 Å². The number of nitrogens with one attached hydrogen (secondary N) is 2. The van der Waals surface area contributed by atoms with Crippen LogP contribution < -0.4 is 15.4 Å². The van der Waals surface area contributed by atoms with Crippen molar-refractivity contribution in [2.24, 2.45) is 0 Å². The number of aryl methyl sites for hydroxylation is 1. The molecule has 8 heteroatoms. The van der Waals surface area contributed by atoms with Crippen LogP contribution in [0.5, 0.6) is 5.75 Å². The summed E-state index contributed by atoms with van der Waals surface area (Å²) in [6.45, 7) is 6.17. The molecular weight excluding hydrogens is 354 g/mol. The van der Waals surface area contributed by atoms with E-state index in [1.54, 1.807) is 13.0 Å². The van der Waals surface area contributed by atoms with Crippen LogP contribution in [0.25, 0.3) is 0 Å². The topological polar surface area (TPSA) is 93.5 Å². The van der Waals surface area contributed by atoms with E-state index < -0.39 is 0 Å². The molecule has 0 aliphatic heterocycles. The fraction of sp³-hybridized carbons (Fsp3) is 0.389. The number of aromatic nitrogens is 1. The maximum atomic E-state index is 12.1. The van der Waals surface area contributed by atoms with Gasteiger partial charge in [0.1, 0.15) is 11.5 Å². The van der Waals surface area contributed by atoms with E-state index in [1.165, 1.54) is 11.8 Å². The first-order valence-corrected chi connectivity index (χ1v) is 9.46. The summed E-state index contributed by atoms with van der Waals surface area (Å²) < 4.78 is 10.3. The van der Waals surface area contributed by atoms with Crippen LogP contribution in [0.1, 0.15) is 31.2 Å². The number of nitrogens with zero attached hydrogens (tertiary/aromatic N) is 1. The molecule has 0 aliphatic rings. The van der Waals surface area contributed by atoms with Crippen LogP contribution in [0.4, 0.5) is 5.82 Å². The van der Waals surface area contributed by atoms with Gasteiger partial charge in [0.05, 0.1) is 24.2 Å². The third-order valence-corrected chi connectivity index (χ3v) is 4.34. The van der Waals surface area contributed by atoms with Crippen LogP contribution in [-0.4, -0.2) is 35.1 Å². The standard InChI is InChI=1S/C18H23N3O4S/c1-4-24-15-7-5-6-14(9-15)13(3)19-17(22)10-26-11-18(23)20-16-8-12(2)25-21-16/h5-9,13H,4,10-11H2,1-3H3,(H,19,22)(H,20,21,23)/t13-/m1/s1. The van der Waals surface area contributed by atoms with Crippen LogP contribution in [0, 0.1) is 6.92 Å². The number of rotatable bonds is 9. The number of carbonyl (C=O) groups excluding carboxylic acids is 2. The van der Waals surface area contributed by atoms with E-state index in [2.05, 4.69) is 15.8 Å². The highest BCUT2D eigenvalue weighted by atomic mass is 32.2. The van der Waals surface area contributed by atoms with Crippen molar-refractivity contribution < 1.29 is 18.8 Å². The second-order valence-electron chi connectivity index (χ2n) is 5.66. The van der Waals surface area contributed by atoms with Crippen LogP contribution in [0.15, 0.2) is 34.9 Å². The number of anilines is 1. The average molecular weight is 377 g/mol. The lowest BCUT2D eigenvalue weighted by Gasteiger charge is -2.15. The number of ether oxygens (including phenoxy) is 1. The summed E-state index contributed by atoms with van der Waals surface area (Å²) >= 11 is 1.24. The van der Waals surface area contributed by atoms with Gasteiger partial charge < -0.3 is 19.9 Å². The molecule has 140 valence electrons. The summed E-state index contributed by atoms with van der Waals surface area (Å²) in [5.41, 5.74) is 0.966. The van der Waals surface area contributed by atoms with Crippen LogP contribution in [0.3, 0.4) is 0 Å². The van der Waals surface area contributed by atoms with Gasteiger partial charge in [0, 0.05) is 6.07 Å². The molecule has 0 unspecified atom stereocenters. The molecule has 1 aromatic heterocycles. The molecule has 0 saturated carbocycles. The number of carbonyl (C=O) groups is 2. The molecule has 2 rings (SSSR count). The number of benzene rings is 1. The van der Waals surface area contributed by atoms with Gasteiger partial charge in [0.15, 0.2) is 5.82 Å². The first kappa shape index (κ1) is 19.8. The maximum Gasteiger partial charge on any atom is 0.235 e. The van der Waals surface area contributed by atoms with Crippen molar-refractivity contribution in [3.05, 3.63) is 41.7 Å². The van der Waals surface area contributed by atoms with Crippen molar-refractivity contribution >= 4 is 29.4 Å². The maximum absolute atomic E-state index is 12.1. The number of thioether (sulfide) groups is 1. The van der Waals surface area contributed by atoms with Gasteiger partial charge in [0.2, 0.25) is 11.8 Å². The Bertz CT molecular complexity index is 748. The lowest BCUT2D eigenvalue weighted by Crippen LogP contribution is -2.28. The molecule has 1 aromatic carbocycles. The monoisotopic (exact) mass is 377 g/mol. The summed E-state index contributed by atoms with van der Waals surface area (Å²) in [6, 6.07) is 9.12. The van der Waals surface area contributed by atoms with Crippen LogP contribution >= 0.6 is 11.8 Å². The predicted molar refractivity (Wildman–Crippen MR) is 101 cm³/mol. The zero-order chi connectivity index (χ0) is 18.9. The van der Waals surface area contributed by atoms with Gasteiger partial charge in [-0.15, -0.1) is 11.8 Å². The molecule has 0 radical (unpaired) electrons. The van der Waals surface area contributed by atoms with Gasteiger partial charge in [-0.25, -0.2) is 0 Å². The summed E-state index contributed by atoms with van der Waals surface area (Å²) in [5.74, 6) is 1.77. The van der Waals surface area contributed by atoms with Crippen LogP contribution in [-0.2, 0) is 9.59 Å². The van der Waals surface area contributed by atoms with Crippen molar-refractivity contribution in [1.82, 2.24) is 10.5 Å². The minimum Gasteiger partial charge on any atom is -0.494 e. The summed E-state index contributed by atoms with van der Waals surface area (Å²) in [4.78, 5) is 23.8. The minimum atomic E-state index is -0.228. The van der Waals surface area contributed by atoms with E-state index in [0.717, 1.165) is 11.3 Å². The molecule has 0 bridgehead atoms. The Morgan fingerprint density at radius 2 is 2.04 bits per heavy atom. The highest BCUT2D eigenvalue weighted by Gasteiger charge is 2.12. The van der Waals surface area contributed by atoms with Crippen molar-refractivity contribution in [3.8, 4) is 5.75 Å². The summed E-state index contributed by atoms with van der Waals surface area (Å²) in [5, 5.41) is 9.22. The molecular formula is C18H23N3O4S. The van der Waals surface area contributed by atoms with E-state index in [-0.39, 0.29) is 29.4 Å². The summed E-state index contributed by atoms with van der Waals surface area (Å²) in [7, 11) is 0. The molecule has 0 spiro atoms. The van der Waals surface area contributed by atoms with Crippen LogP contribution in [0.2, 0.25) is 0 Å². The molecule has 0 fully saturated rings. The van der Waals surface area contributed by atoms with E-state index in [1.807, 2.05) is 38.1 Å². The van der Waals surface area contributed by atoms with Gasteiger partial charge >= 0.3 is 0 Å². The molecule has 26 heavy (non-hydrogen) atoms. The minimum absolute atomic E-state index is 0.130. The third-order valence-electron chi connectivity index (χ3n) is 3.41. The zero-order valence-corrected chi connectivity index (χ0v) is 15.9. The van der Waals surface area contributed by atoms with Gasteiger partial charge in [0.25, 0.3) is 0 Å². The molecule has 1 atom stereocenters. The number of hydrogen-bond donors (Lipinski definition) is 2. The fourth-order valence-electron chi connectivity index (χ4n) is 2.25. The van der Waals surface area contributed by atoms with E-state index in [0.29, 0.717) is 18.2 Å². The van der Waals surface area contributed by atoms with Crippen molar-refractivity contribution in [2.45, 2.75) is 26.8 Å². The summed E-state index contributed by atoms with van der Waals surface area (Å²) in [6.07, 6.45) is 0. The van der Waals surface area contributed by atoms with E-state index in [4.69, 9.17) is 9.26 Å². The second-order valence-corrected chi connectivity index (χ2v) is 6.64. The van der Waals surface area contributed by atoms with Gasteiger partial charge in [-0.3, -0.25) is 9.59 Å². The lowest BCUT2D eigenvalue weighted by molar-refractivity contribution is -0.119. The highest BCUT2D eigenvalue weighted by Crippen LogP contribution is 2.19. The Kier molecular flexibility index (Phi) is 7.53. The predicted octanol–water partition coefficient (Wildman–Crippen LogP) is 2.93. The molecule has 2 aromatic rings. The molecule has 0 saturated heterocycles. The Balaban J connectivity index is 1.72. The Morgan fingerprint density at radius 1 is 1.27 bits per heavy atom. The second kappa shape index (κ2) is 9.86. The first-order chi connectivity index (χ1) is 12.5. The van der Waals surface area contributed by atoms with Crippen molar-refractivity contribution in [3.63, 3.8) is 0 Å². The van der Waals surface area contributed by atoms with E-state index >= 15 is 0 Å². The normalized spacial score (nSPS) is 11.7. The average Bonchev–Trinajstić information content (AvgIpc) is 3.00. The van der Waals surface area contributed by atoms with Gasteiger partial charge in [-0.05, 0) is 38.5 Å².